The highest BCUT2D eigenvalue weighted by molar-refractivity contribution is 5.63. The molecule has 26 heavy (non-hydrogen) atoms. The number of nitrogens with zero attached hydrogens (tertiary/aromatic N) is 2. The van der Waals surface area contributed by atoms with Crippen LogP contribution >= 0.6 is 0 Å². The number of rotatable bonds is 2. The first kappa shape index (κ1) is 25.6. The number of carbonyl (C=O) groups excluding carboxylic acids is 1. The highest BCUT2D eigenvalue weighted by atomic mass is 16.1. The Kier molecular flexibility index (Phi) is 15.6. The van der Waals surface area contributed by atoms with Crippen LogP contribution in [0.3, 0.4) is 0 Å². The molecule has 2 aromatic rings. The molecule has 0 aliphatic rings. The van der Waals surface area contributed by atoms with Gasteiger partial charge in [0.2, 0.25) is 0 Å². The van der Waals surface area contributed by atoms with Crippen LogP contribution in [0.15, 0.2) is 24.5 Å². The lowest BCUT2D eigenvalue weighted by molar-refractivity contribution is -0.106. The second-order valence-corrected chi connectivity index (χ2v) is 5.48. The summed E-state index contributed by atoms with van der Waals surface area (Å²) >= 11 is 0. The molecule has 0 bridgehead atoms. The number of nitrogens with one attached hydrogen (secondary N) is 2. The molecule has 0 amide bonds. The second-order valence-electron chi connectivity index (χ2n) is 5.48. The molecule has 0 aliphatic carbocycles. The highest BCUT2D eigenvalue weighted by Gasteiger charge is 2.00. The Morgan fingerprint density at radius 2 is 1.62 bits per heavy atom. The summed E-state index contributed by atoms with van der Waals surface area (Å²) in [5.41, 5.74) is 11.0. The van der Waals surface area contributed by atoms with Crippen molar-refractivity contribution < 1.29 is 4.79 Å². The van der Waals surface area contributed by atoms with Crippen molar-refractivity contribution in [1.82, 2.24) is 9.97 Å². The van der Waals surface area contributed by atoms with Gasteiger partial charge in [0.05, 0.1) is 11.4 Å². The van der Waals surface area contributed by atoms with E-state index < -0.39 is 0 Å². The van der Waals surface area contributed by atoms with E-state index in [0.717, 1.165) is 17.7 Å². The fourth-order valence-electron chi connectivity index (χ4n) is 1.81. The van der Waals surface area contributed by atoms with Gasteiger partial charge in [-0.15, -0.1) is 0 Å². The van der Waals surface area contributed by atoms with E-state index in [1.807, 2.05) is 14.0 Å². The molecule has 6 nitrogen and oxygen atoms in total. The van der Waals surface area contributed by atoms with Gasteiger partial charge in [-0.05, 0) is 44.9 Å². The standard InChI is InChI=1S/C9H13N.C6H10N4.C3H8.C2H4O/c1-7-4-5-8(2)9(6-7)10-3;1-4-5(8-2)6(7)10-3-9-4;1-3-2;1-2-3/h4-6,10H,1-3H3;3,8H,1-2H3,(H2,7,9,10);3H2,1-2H3;2H,1H3. The van der Waals surface area contributed by atoms with E-state index in [4.69, 9.17) is 10.5 Å². The van der Waals surface area contributed by atoms with Crippen LogP contribution in [0.2, 0.25) is 0 Å². The molecule has 1 aromatic heterocycles. The number of hydrogen-bond acceptors (Lipinski definition) is 6. The van der Waals surface area contributed by atoms with Crippen LogP contribution in [0.5, 0.6) is 0 Å². The number of nitrogen functional groups attached to an aromatic ring is 1. The number of carbonyl (C=O) groups is 1. The van der Waals surface area contributed by atoms with Crippen molar-refractivity contribution in [2.24, 2.45) is 0 Å². The minimum Gasteiger partial charge on any atom is -0.388 e. The van der Waals surface area contributed by atoms with Gasteiger partial charge in [0.1, 0.15) is 12.6 Å². The summed E-state index contributed by atoms with van der Waals surface area (Å²) in [7, 11) is 3.74. The fourth-order valence-corrected chi connectivity index (χ4v) is 1.81. The summed E-state index contributed by atoms with van der Waals surface area (Å²) in [6.07, 6.45) is 3.45. The van der Waals surface area contributed by atoms with Gasteiger partial charge in [-0.3, -0.25) is 0 Å². The predicted octanol–water partition coefficient (Wildman–Crippen LogP) is 4.38. The van der Waals surface area contributed by atoms with Gasteiger partial charge < -0.3 is 21.2 Å². The van der Waals surface area contributed by atoms with E-state index in [2.05, 4.69) is 66.5 Å². The Bertz CT molecular complexity index is 609. The summed E-state index contributed by atoms with van der Waals surface area (Å²) in [5, 5.41) is 6.05. The lowest BCUT2D eigenvalue weighted by atomic mass is 10.1. The first-order valence-electron chi connectivity index (χ1n) is 8.72. The van der Waals surface area contributed by atoms with Crippen LogP contribution in [-0.4, -0.2) is 30.3 Å². The monoisotopic (exact) mass is 361 g/mol. The third-order valence-electron chi connectivity index (χ3n) is 2.98. The summed E-state index contributed by atoms with van der Waals surface area (Å²) in [5.74, 6) is 0.495. The molecule has 0 fully saturated rings. The maximum absolute atomic E-state index is 8.81. The SMILES string of the molecule is CC=O.CCC.CNc1c(C)ncnc1N.CNc1cc(C)ccc1C. The number of aryl methyl sites for hydroxylation is 3. The Morgan fingerprint density at radius 3 is 1.96 bits per heavy atom. The van der Waals surface area contributed by atoms with Crippen molar-refractivity contribution in [3.63, 3.8) is 0 Å². The van der Waals surface area contributed by atoms with Gasteiger partial charge in [0.25, 0.3) is 0 Å². The lowest BCUT2D eigenvalue weighted by Gasteiger charge is -2.04. The van der Waals surface area contributed by atoms with Crippen molar-refractivity contribution in [3.05, 3.63) is 41.3 Å². The largest absolute Gasteiger partial charge is 0.388 e. The van der Waals surface area contributed by atoms with E-state index in [-0.39, 0.29) is 0 Å². The summed E-state index contributed by atoms with van der Waals surface area (Å²) < 4.78 is 0. The maximum Gasteiger partial charge on any atom is 0.150 e. The fraction of sp³-hybridized carbons (Fsp3) is 0.450. The molecule has 1 aromatic carbocycles. The van der Waals surface area contributed by atoms with E-state index in [0.29, 0.717) is 5.82 Å². The van der Waals surface area contributed by atoms with Crippen molar-refractivity contribution >= 4 is 23.5 Å². The van der Waals surface area contributed by atoms with Crippen LogP contribution in [0, 0.1) is 20.8 Å². The number of anilines is 3. The number of benzene rings is 1. The van der Waals surface area contributed by atoms with E-state index in [1.54, 1.807) is 7.05 Å². The van der Waals surface area contributed by atoms with Crippen molar-refractivity contribution in [3.8, 4) is 0 Å². The molecule has 0 atom stereocenters. The smallest absolute Gasteiger partial charge is 0.150 e. The Balaban J connectivity index is 0. The summed E-state index contributed by atoms with van der Waals surface area (Å²) in [6, 6.07) is 6.40. The summed E-state index contributed by atoms with van der Waals surface area (Å²) in [6.45, 7) is 11.8. The lowest BCUT2D eigenvalue weighted by Crippen LogP contribution is -2.01. The van der Waals surface area contributed by atoms with E-state index >= 15 is 0 Å². The number of hydrogen-bond donors (Lipinski definition) is 3. The molecule has 146 valence electrons. The van der Waals surface area contributed by atoms with Crippen molar-refractivity contribution in [2.75, 3.05) is 30.5 Å². The molecule has 4 N–H and O–H groups in total. The summed E-state index contributed by atoms with van der Waals surface area (Å²) in [4.78, 5) is 16.6. The molecular weight excluding hydrogens is 326 g/mol. The highest BCUT2D eigenvalue weighted by Crippen LogP contribution is 2.16. The molecule has 0 spiro atoms. The minimum atomic E-state index is 0.495. The second kappa shape index (κ2) is 15.9. The van der Waals surface area contributed by atoms with E-state index in [1.165, 1.54) is 36.5 Å². The molecule has 0 saturated carbocycles. The third kappa shape index (κ3) is 11.0. The molecule has 2 rings (SSSR count). The Morgan fingerprint density at radius 1 is 1.08 bits per heavy atom. The van der Waals surface area contributed by atoms with Crippen molar-refractivity contribution in [2.45, 2.75) is 48.0 Å². The van der Waals surface area contributed by atoms with Gasteiger partial charge in [-0.2, -0.15) is 0 Å². The molecule has 1 heterocycles. The van der Waals surface area contributed by atoms with Crippen LogP contribution in [0.4, 0.5) is 17.2 Å². The molecule has 0 unspecified atom stereocenters. The average molecular weight is 362 g/mol. The number of aldehydes is 1. The predicted molar refractivity (Wildman–Crippen MR) is 114 cm³/mol. The van der Waals surface area contributed by atoms with Crippen LogP contribution in [0.1, 0.15) is 44.0 Å². The normalized spacial score (nSPS) is 8.46. The Hall–Kier alpha value is -2.63. The molecule has 0 radical (unpaired) electrons. The zero-order chi connectivity index (χ0) is 20.5. The third-order valence-corrected chi connectivity index (χ3v) is 2.98. The average Bonchev–Trinajstić information content (AvgIpc) is 2.59. The number of nitrogens with two attached hydrogens (primary N) is 1. The first-order valence-corrected chi connectivity index (χ1v) is 8.72. The quantitative estimate of drug-likeness (QED) is 0.688. The molecular formula is C20H35N5O. The van der Waals surface area contributed by atoms with Crippen molar-refractivity contribution in [1.29, 1.82) is 0 Å². The van der Waals surface area contributed by atoms with Gasteiger partial charge in [-0.25, -0.2) is 9.97 Å². The topological polar surface area (TPSA) is 92.9 Å². The van der Waals surface area contributed by atoms with E-state index in [9.17, 15) is 0 Å². The van der Waals surface area contributed by atoms with Crippen LogP contribution in [0.25, 0.3) is 0 Å². The van der Waals surface area contributed by atoms with Gasteiger partial charge in [0.15, 0.2) is 5.82 Å². The number of aromatic nitrogens is 2. The van der Waals surface area contributed by atoms with Crippen LogP contribution < -0.4 is 16.4 Å². The minimum absolute atomic E-state index is 0.495. The first-order chi connectivity index (χ1) is 12.3. The van der Waals surface area contributed by atoms with Gasteiger partial charge >= 0.3 is 0 Å². The maximum atomic E-state index is 8.81. The molecule has 0 saturated heterocycles. The Labute approximate surface area is 158 Å². The van der Waals surface area contributed by atoms with Crippen LogP contribution in [-0.2, 0) is 4.79 Å². The van der Waals surface area contributed by atoms with Gasteiger partial charge in [-0.1, -0.05) is 32.4 Å². The zero-order valence-corrected chi connectivity index (χ0v) is 17.5. The zero-order valence-electron chi connectivity index (χ0n) is 17.5. The van der Waals surface area contributed by atoms with Gasteiger partial charge in [0, 0.05) is 19.8 Å². The molecule has 6 heteroatoms. The molecule has 0 aliphatic heterocycles.